The average Bonchev–Trinajstić information content (AvgIpc) is 3.12. The highest BCUT2D eigenvalue weighted by atomic mass is 16.6. The standard InChI is InChI=1S/C36H53N9O8/c1-3-52-35(50)41-20-12-11-18-27(30(38)46)42-33(49)29(23-25-16-9-6-10-17-25)44-32(48)28(19-13-21-40-34(39)45-36(51)53-4-2)43-31(47)26(37)22-24-14-7-5-8-15-24/h5-10,14-17,26-29H,3-4,11-13,18-23,37H2,1-2H3,(H2,38,46)(H,41,50)(H,42,49)(H,43,47)(H,44,48)(H3,39,40,45,51)/t26-,27-,28+,29-/m0/s1. The van der Waals surface area contributed by atoms with Gasteiger partial charge in [-0.3, -0.25) is 29.5 Å². The number of guanidine groups is 1. The number of hydrogen-bond acceptors (Lipinski definition) is 10. The number of primary amides is 1. The molecule has 53 heavy (non-hydrogen) atoms. The van der Waals surface area contributed by atoms with Crippen molar-refractivity contribution in [2.75, 3.05) is 26.3 Å². The van der Waals surface area contributed by atoms with Gasteiger partial charge in [-0.2, -0.15) is 0 Å². The molecule has 2 aromatic rings. The lowest BCUT2D eigenvalue weighted by molar-refractivity contribution is -0.133. The van der Waals surface area contributed by atoms with E-state index in [4.69, 9.17) is 26.7 Å². The van der Waals surface area contributed by atoms with Crippen LogP contribution in [0, 0.1) is 0 Å². The van der Waals surface area contributed by atoms with Crippen LogP contribution in [0.25, 0.3) is 0 Å². The number of unbranched alkanes of at least 4 members (excludes halogenated alkanes) is 1. The van der Waals surface area contributed by atoms with Crippen molar-refractivity contribution in [2.24, 2.45) is 22.2 Å². The van der Waals surface area contributed by atoms with E-state index in [1.54, 1.807) is 44.2 Å². The molecule has 6 amide bonds. The summed E-state index contributed by atoms with van der Waals surface area (Å²) in [7, 11) is 0. The summed E-state index contributed by atoms with van der Waals surface area (Å²) in [6, 6.07) is 13.7. The molecule has 0 heterocycles. The first kappa shape index (κ1) is 43.5. The van der Waals surface area contributed by atoms with Gasteiger partial charge in [0.15, 0.2) is 5.96 Å². The normalized spacial score (nSPS) is 13.3. The molecule has 0 aromatic heterocycles. The fourth-order valence-electron chi connectivity index (χ4n) is 5.05. The fraction of sp³-hybridized carbons (Fsp3) is 0.472. The Balaban J connectivity index is 2.21. The summed E-state index contributed by atoms with van der Waals surface area (Å²) < 4.78 is 9.60. The number of nitrogens with one attached hydrogen (secondary N) is 5. The molecule has 17 heteroatoms. The molecule has 0 spiro atoms. The minimum atomic E-state index is -1.17. The lowest BCUT2D eigenvalue weighted by atomic mass is 10.0. The van der Waals surface area contributed by atoms with E-state index in [0.717, 1.165) is 11.1 Å². The van der Waals surface area contributed by atoms with Gasteiger partial charge >= 0.3 is 12.2 Å². The second kappa shape index (κ2) is 24.5. The number of ether oxygens (including phenoxy) is 2. The maximum Gasteiger partial charge on any atom is 0.413 e. The summed E-state index contributed by atoms with van der Waals surface area (Å²) in [5.74, 6) is -2.88. The molecule has 11 N–H and O–H groups in total. The molecular formula is C36H53N9O8. The third-order valence-corrected chi connectivity index (χ3v) is 7.75. The van der Waals surface area contributed by atoms with Crippen LogP contribution in [0.2, 0.25) is 0 Å². The molecule has 17 nitrogen and oxygen atoms in total. The van der Waals surface area contributed by atoms with E-state index in [0.29, 0.717) is 19.4 Å². The minimum Gasteiger partial charge on any atom is -0.450 e. The molecule has 4 atom stereocenters. The average molecular weight is 740 g/mol. The second-order valence-electron chi connectivity index (χ2n) is 12.0. The van der Waals surface area contributed by atoms with Crippen molar-refractivity contribution in [2.45, 2.75) is 83.0 Å². The van der Waals surface area contributed by atoms with E-state index in [9.17, 15) is 28.8 Å². The maximum atomic E-state index is 13.9. The van der Waals surface area contributed by atoms with Crippen LogP contribution in [0.3, 0.4) is 0 Å². The molecule has 0 saturated carbocycles. The summed E-state index contributed by atoms with van der Waals surface area (Å²) in [5.41, 5.74) is 19.1. The second-order valence-corrected chi connectivity index (χ2v) is 12.0. The zero-order valence-corrected chi connectivity index (χ0v) is 30.3. The Hall–Kier alpha value is -5.71. The Labute approximate surface area is 309 Å². The SMILES string of the molecule is CCOC(=O)NCCCC[C@H](NC(=O)[C@H](Cc1ccccc1)NC(=O)[C@@H](CCCN=C(N)NC(=O)OCC)NC(=O)[C@@H](N)Cc1ccccc1)C(N)=O. The van der Waals surface area contributed by atoms with Crippen molar-refractivity contribution in [1.29, 1.82) is 0 Å². The van der Waals surface area contributed by atoms with E-state index in [1.807, 2.05) is 30.3 Å². The van der Waals surface area contributed by atoms with E-state index >= 15 is 0 Å². The summed E-state index contributed by atoms with van der Waals surface area (Å²) >= 11 is 0. The topological polar surface area (TPSA) is 271 Å². The highest BCUT2D eigenvalue weighted by Crippen LogP contribution is 2.09. The van der Waals surface area contributed by atoms with Gasteiger partial charge in [0, 0.05) is 19.5 Å². The largest absolute Gasteiger partial charge is 0.450 e. The third kappa shape index (κ3) is 17.9. The van der Waals surface area contributed by atoms with Crippen molar-refractivity contribution in [3.05, 3.63) is 71.8 Å². The van der Waals surface area contributed by atoms with Gasteiger partial charge in [-0.25, -0.2) is 9.59 Å². The van der Waals surface area contributed by atoms with Gasteiger partial charge in [-0.1, -0.05) is 60.7 Å². The molecule has 2 aromatic carbocycles. The minimum absolute atomic E-state index is 0.0574. The van der Waals surface area contributed by atoms with Crippen molar-refractivity contribution in [1.82, 2.24) is 26.6 Å². The van der Waals surface area contributed by atoms with E-state index in [1.165, 1.54) is 0 Å². The summed E-state index contributed by atoms with van der Waals surface area (Å²) in [6.45, 7) is 4.08. The van der Waals surface area contributed by atoms with Crippen molar-refractivity contribution >= 4 is 41.8 Å². The summed E-state index contributed by atoms with van der Waals surface area (Å²) in [6.07, 6.45) is 0.373. The molecular weight excluding hydrogens is 686 g/mol. The van der Waals surface area contributed by atoms with E-state index in [-0.39, 0.29) is 57.8 Å². The quantitative estimate of drug-likeness (QED) is 0.0470. The Bertz CT molecular complexity index is 1490. The van der Waals surface area contributed by atoms with Crippen molar-refractivity contribution in [3.8, 4) is 0 Å². The van der Waals surface area contributed by atoms with Gasteiger partial charge < -0.3 is 47.9 Å². The van der Waals surface area contributed by atoms with Crippen LogP contribution in [0.4, 0.5) is 9.59 Å². The molecule has 290 valence electrons. The lowest BCUT2D eigenvalue weighted by Gasteiger charge is -2.25. The highest BCUT2D eigenvalue weighted by molar-refractivity contribution is 5.95. The van der Waals surface area contributed by atoms with E-state index < -0.39 is 60.0 Å². The van der Waals surface area contributed by atoms with Gasteiger partial charge in [0.25, 0.3) is 0 Å². The molecule has 0 radical (unpaired) electrons. The zero-order chi connectivity index (χ0) is 39.0. The Morgan fingerprint density at radius 2 is 1.19 bits per heavy atom. The van der Waals surface area contributed by atoms with Crippen LogP contribution in [0.5, 0.6) is 0 Å². The molecule has 0 aliphatic heterocycles. The van der Waals surface area contributed by atoms with Gasteiger partial charge in [0.05, 0.1) is 19.3 Å². The van der Waals surface area contributed by atoms with Crippen LogP contribution in [0.1, 0.15) is 57.1 Å². The van der Waals surface area contributed by atoms with Gasteiger partial charge in [0.1, 0.15) is 18.1 Å². The number of nitrogens with zero attached hydrogens (tertiary/aromatic N) is 1. The number of aliphatic imine (C=N–C) groups is 1. The first-order chi connectivity index (χ1) is 25.4. The number of benzene rings is 2. The highest BCUT2D eigenvalue weighted by Gasteiger charge is 2.30. The summed E-state index contributed by atoms with van der Waals surface area (Å²) in [4.78, 5) is 80.3. The van der Waals surface area contributed by atoms with Crippen molar-refractivity contribution < 1.29 is 38.2 Å². The van der Waals surface area contributed by atoms with Gasteiger partial charge in [-0.15, -0.1) is 0 Å². The van der Waals surface area contributed by atoms with Crippen molar-refractivity contribution in [3.63, 3.8) is 0 Å². The van der Waals surface area contributed by atoms with Crippen LogP contribution in [-0.2, 0) is 41.5 Å². The molecule has 0 fully saturated rings. The molecule has 0 saturated heterocycles. The zero-order valence-electron chi connectivity index (χ0n) is 30.3. The number of rotatable bonds is 22. The molecule has 2 rings (SSSR count). The first-order valence-electron chi connectivity index (χ1n) is 17.6. The van der Waals surface area contributed by atoms with Crippen LogP contribution in [0.15, 0.2) is 65.7 Å². The number of nitrogens with two attached hydrogens (primary N) is 3. The molecule has 0 bridgehead atoms. The Morgan fingerprint density at radius 1 is 0.660 bits per heavy atom. The Morgan fingerprint density at radius 3 is 1.79 bits per heavy atom. The third-order valence-electron chi connectivity index (χ3n) is 7.75. The monoisotopic (exact) mass is 739 g/mol. The van der Waals surface area contributed by atoms with E-state index in [2.05, 4.69) is 31.6 Å². The van der Waals surface area contributed by atoms with Crippen LogP contribution < -0.4 is 43.8 Å². The molecule has 0 unspecified atom stereocenters. The molecule has 0 aliphatic rings. The smallest absolute Gasteiger partial charge is 0.413 e. The summed E-state index contributed by atoms with van der Waals surface area (Å²) in [5, 5.41) is 13.0. The first-order valence-corrected chi connectivity index (χ1v) is 17.6. The maximum absolute atomic E-state index is 13.9. The van der Waals surface area contributed by atoms with Crippen LogP contribution in [-0.4, -0.2) is 92.2 Å². The number of hydrogen-bond donors (Lipinski definition) is 8. The molecule has 0 aliphatic carbocycles. The lowest BCUT2D eigenvalue weighted by Crippen LogP contribution is -2.58. The number of carbonyl (C=O) groups is 6. The number of carbonyl (C=O) groups excluding carboxylic acids is 6. The predicted octanol–water partition coefficient (Wildman–Crippen LogP) is 0.496. The number of amides is 6. The van der Waals surface area contributed by atoms with Crippen LogP contribution >= 0.6 is 0 Å². The predicted molar refractivity (Wildman–Crippen MR) is 198 cm³/mol. The van der Waals surface area contributed by atoms with Gasteiger partial charge in [-0.05, 0) is 63.5 Å². The Kier molecular flexibility index (Phi) is 20.1. The van der Waals surface area contributed by atoms with Gasteiger partial charge in [0.2, 0.25) is 23.6 Å². The number of alkyl carbamates (subject to hydrolysis) is 2. The fourth-order valence-corrected chi connectivity index (χ4v) is 5.05.